The zero-order valence-corrected chi connectivity index (χ0v) is 14.5. The zero-order valence-electron chi connectivity index (χ0n) is 14.5. The maximum atomic E-state index is 9.98. The molecule has 2 rings (SSSR count). The van der Waals surface area contributed by atoms with E-state index in [0.29, 0.717) is 24.4 Å². The van der Waals surface area contributed by atoms with E-state index in [-0.39, 0.29) is 5.41 Å². The third-order valence-corrected chi connectivity index (χ3v) is 4.83. The van der Waals surface area contributed by atoms with Crippen molar-refractivity contribution in [3.05, 3.63) is 47.3 Å². The Kier molecular flexibility index (Phi) is 5.71. The van der Waals surface area contributed by atoms with Gasteiger partial charge in [0.1, 0.15) is 35.2 Å². The largest absolute Gasteiger partial charge is 0.462 e. The minimum absolute atomic E-state index is 0.378. The van der Waals surface area contributed by atoms with Crippen LogP contribution in [-0.4, -0.2) is 10.2 Å². The molecule has 2 heterocycles. The van der Waals surface area contributed by atoms with Gasteiger partial charge in [-0.05, 0) is 49.9 Å². The van der Waals surface area contributed by atoms with E-state index >= 15 is 0 Å². The van der Waals surface area contributed by atoms with Crippen LogP contribution in [0.5, 0.6) is 0 Å². The fraction of sp³-hybridized carbons (Fsp3) is 0.579. The molecule has 0 spiro atoms. The van der Waals surface area contributed by atoms with Gasteiger partial charge in [0.05, 0.1) is 5.41 Å². The lowest BCUT2D eigenvalue weighted by molar-refractivity contribution is 0.134. The highest BCUT2D eigenvalue weighted by Gasteiger charge is 2.37. The first-order valence-electron chi connectivity index (χ1n) is 8.58. The van der Waals surface area contributed by atoms with Crippen LogP contribution >= 0.6 is 0 Å². The van der Waals surface area contributed by atoms with Gasteiger partial charge >= 0.3 is 0 Å². The molecule has 0 aliphatic rings. The maximum absolute atomic E-state index is 9.98. The number of furan rings is 2. The van der Waals surface area contributed by atoms with Crippen molar-refractivity contribution in [1.82, 2.24) is 0 Å². The highest BCUT2D eigenvalue weighted by Crippen LogP contribution is 2.42. The summed E-state index contributed by atoms with van der Waals surface area (Å²) in [6.07, 6.45) is 1.70. The molecule has 0 saturated carbocycles. The minimum Gasteiger partial charge on any atom is -0.462 e. The van der Waals surface area contributed by atoms with Gasteiger partial charge in [-0.2, -0.15) is 0 Å². The van der Waals surface area contributed by atoms with Gasteiger partial charge in [0.2, 0.25) is 0 Å². The molecule has 2 N–H and O–H groups in total. The number of aliphatic hydroxyl groups excluding tert-OH is 2. The van der Waals surface area contributed by atoms with E-state index in [1.165, 1.54) is 0 Å². The molecule has 0 saturated heterocycles. The Morgan fingerprint density at radius 1 is 0.783 bits per heavy atom. The molecule has 0 radical (unpaired) electrons. The summed E-state index contributed by atoms with van der Waals surface area (Å²) in [5.74, 6) is 2.79. The quantitative estimate of drug-likeness (QED) is 0.728. The van der Waals surface area contributed by atoms with E-state index in [4.69, 9.17) is 8.83 Å². The molecule has 128 valence electrons. The summed E-state index contributed by atoms with van der Waals surface area (Å²) in [7, 11) is 0. The minimum atomic E-state index is -0.579. The predicted octanol–water partition coefficient (Wildman–Crippen LogP) is 4.87. The van der Waals surface area contributed by atoms with Crippen molar-refractivity contribution < 1.29 is 19.0 Å². The van der Waals surface area contributed by atoms with Crippen molar-refractivity contribution >= 4 is 0 Å². The van der Waals surface area contributed by atoms with Crippen LogP contribution < -0.4 is 0 Å². The van der Waals surface area contributed by atoms with E-state index in [0.717, 1.165) is 24.4 Å². The molecule has 0 aromatic carbocycles. The number of hydrogen-bond donors (Lipinski definition) is 2. The van der Waals surface area contributed by atoms with E-state index in [2.05, 4.69) is 13.8 Å². The van der Waals surface area contributed by atoms with Crippen LogP contribution in [0, 0.1) is 0 Å². The maximum Gasteiger partial charge on any atom is 0.132 e. The van der Waals surface area contributed by atoms with Crippen LogP contribution in [0.25, 0.3) is 0 Å². The lowest BCUT2D eigenvalue weighted by atomic mass is 9.78. The molecule has 2 aromatic rings. The fourth-order valence-electron chi connectivity index (χ4n) is 3.05. The molecule has 2 atom stereocenters. The highest BCUT2D eigenvalue weighted by molar-refractivity contribution is 5.30. The number of rotatable bonds is 8. The monoisotopic (exact) mass is 320 g/mol. The summed E-state index contributed by atoms with van der Waals surface area (Å²) in [5.41, 5.74) is -0.378. The lowest BCUT2D eigenvalue weighted by Gasteiger charge is -2.27. The van der Waals surface area contributed by atoms with Crippen LogP contribution in [0.4, 0.5) is 0 Å². The normalized spacial score (nSPS) is 14.9. The predicted molar refractivity (Wildman–Crippen MR) is 89.3 cm³/mol. The molecule has 23 heavy (non-hydrogen) atoms. The fourth-order valence-corrected chi connectivity index (χ4v) is 3.05. The molecule has 4 heteroatoms. The van der Waals surface area contributed by atoms with Crippen LogP contribution in [0.15, 0.2) is 33.1 Å². The van der Waals surface area contributed by atoms with Crippen molar-refractivity contribution in [3.8, 4) is 0 Å². The molecular weight excluding hydrogens is 292 g/mol. The van der Waals surface area contributed by atoms with Crippen molar-refractivity contribution in [2.24, 2.45) is 0 Å². The Hall–Kier alpha value is -1.52. The Labute approximate surface area is 138 Å². The van der Waals surface area contributed by atoms with Gasteiger partial charge in [-0.15, -0.1) is 0 Å². The van der Waals surface area contributed by atoms with Crippen LogP contribution in [0.3, 0.4) is 0 Å². The van der Waals surface area contributed by atoms with E-state index in [9.17, 15) is 10.2 Å². The smallest absolute Gasteiger partial charge is 0.132 e. The van der Waals surface area contributed by atoms with Gasteiger partial charge in [-0.25, -0.2) is 0 Å². The van der Waals surface area contributed by atoms with Crippen LogP contribution in [0.1, 0.15) is 88.6 Å². The molecule has 0 aliphatic carbocycles. The highest BCUT2D eigenvalue weighted by atomic mass is 16.4. The molecule has 2 aromatic heterocycles. The van der Waals surface area contributed by atoms with Crippen LogP contribution in [0.2, 0.25) is 0 Å². The summed E-state index contributed by atoms with van der Waals surface area (Å²) in [4.78, 5) is 0. The average Bonchev–Trinajstić information content (AvgIpc) is 3.25. The Balaban J connectivity index is 2.42. The van der Waals surface area contributed by atoms with Crippen LogP contribution in [-0.2, 0) is 5.41 Å². The average molecular weight is 320 g/mol. The summed E-state index contributed by atoms with van der Waals surface area (Å²) < 4.78 is 11.9. The second-order valence-corrected chi connectivity index (χ2v) is 6.04. The van der Waals surface area contributed by atoms with E-state index in [1.54, 1.807) is 0 Å². The Morgan fingerprint density at radius 3 is 1.48 bits per heavy atom. The van der Waals surface area contributed by atoms with Crippen molar-refractivity contribution in [1.29, 1.82) is 0 Å². The van der Waals surface area contributed by atoms with Gasteiger partial charge in [0.15, 0.2) is 0 Å². The van der Waals surface area contributed by atoms with Gasteiger partial charge in [-0.3, -0.25) is 0 Å². The van der Waals surface area contributed by atoms with Crippen molar-refractivity contribution in [2.75, 3.05) is 0 Å². The second kappa shape index (κ2) is 7.37. The van der Waals surface area contributed by atoms with Gasteiger partial charge in [-0.1, -0.05) is 27.7 Å². The molecular formula is C19H28O4. The standard InChI is InChI=1S/C19H28O4/c1-5-13(20)15-9-11-17(22-15)19(7-3,8-4)18-12-10-16(23-18)14(21)6-2/h9-14,20-21H,5-8H2,1-4H3. The topological polar surface area (TPSA) is 66.7 Å². The SMILES string of the molecule is CCC(O)c1ccc(C(CC)(CC)c2ccc(C(O)CC)o2)o1. The molecule has 0 aliphatic heterocycles. The van der Waals surface area contributed by atoms with Gasteiger partial charge in [0, 0.05) is 0 Å². The summed E-state index contributed by atoms with van der Waals surface area (Å²) in [5, 5.41) is 20.0. The first-order valence-corrected chi connectivity index (χ1v) is 8.58. The number of hydrogen-bond acceptors (Lipinski definition) is 4. The first-order chi connectivity index (χ1) is 11.0. The molecule has 0 bridgehead atoms. The Bertz CT molecular complexity index is 556. The zero-order chi connectivity index (χ0) is 17.0. The lowest BCUT2D eigenvalue weighted by Crippen LogP contribution is -2.24. The van der Waals surface area contributed by atoms with Crippen molar-refractivity contribution in [2.45, 2.75) is 71.0 Å². The molecule has 0 amide bonds. The van der Waals surface area contributed by atoms with Gasteiger partial charge < -0.3 is 19.0 Å². The van der Waals surface area contributed by atoms with E-state index < -0.39 is 12.2 Å². The summed E-state index contributed by atoms with van der Waals surface area (Å²) in [6.45, 7) is 8.04. The molecule has 0 fully saturated rings. The number of aliphatic hydroxyl groups is 2. The summed E-state index contributed by atoms with van der Waals surface area (Å²) >= 11 is 0. The van der Waals surface area contributed by atoms with Gasteiger partial charge in [0.25, 0.3) is 0 Å². The Morgan fingerprint density at radius 2 is 1.17 bits per heavy atom. The van der Waals surface area contributed by atoms with Crippen molar-refractivity contribution in [3.63, 3.8) is 0 Å². The third-order valence-electron chi connectivity index (χ3n) is 4.83. The van der Waals surface area contributed by atoms with E-state index in [1.807, 2.05) is 38.1 Å². The molecule has 2 unspecified atom stereocenters. The third kappa shape index (κ3) is 3.24. The summed E-state index contributed by atoms with van der Waals surface area (Å²) in [6, 6.07) is 7.54. The molecule has 4 nitrogen and oxygen atoms in total. The second-order valence-electron chi connectivity index (χ2n) is 6.04. The first kappa shape index (κ1) is 17.8.